The molecule has 5 fully saturated rings. The number of carbonyl (C=O) groups is 2. The molecule has 0 radical (unpaired) electrons. The lowest BCUT2D eigenvalue weighted by molar-refractivity contribution is -0.151. The molecule has 2 aromatic heterocycles. The Morgan fingerprint density at radius 2 is 1.74 bits per heavy atom. The first-order valence-electron chi connectivity index (χ1n) is 15.8. The molecular formula is C34H38Cl2N4O6. The molecule has 0 spiro atoms. The Bertz CT molecular complexity index is 1600. The second-order valence-corrected chi connectivity index (χ2v) is 14.1. The predicted octanol–water partition coefficient (Wildman–Crippen LogP) is 7.07. The number of rotatable bonds is 8. The van der Waals surface area contributed by atoms with Gasteiger partial charge in [0, 0.05) is 11.2 Å². The summed E-state index contributed by atoms with van der Waals surface area (Å²) in [6.45, 7) is 0.366. The second kappa shape index (κ2) is 13.3. The van der Waals surface area contributed by atoms with E-state index in [1.165, 1.54) is 38.5 Å². The van der Waals surface area contributed by atoms with Gasteiger partial charge >= 0.3 is 12.1 Å². The first-order valence-corrected chi connectivity index (χ1v) is 16.5. The van der Waals surface area contributed by atoms with Crippen molar-refractivity contribution in [3.63, 3.8) is 0 Å². The molecule has 2 atom stereocenters. The van der Waals surface area contributed by atoms with Gasteiger partial charge in [-0.2, -0.15) is 4.98 Å². The van der Waals surface area contributed by atoms with Crippen molar-refractivity contribution in [3.05, 3.63) is 52.4 Å². The van der Waals surface area contributed by atoms with E-state index in [1.807, 2.05) is 4.57 Å². The van der Waals surface area contributed by atoms with E-state index in [0.29, 0.717) is 46.7 Å². The standard InChI is InChI=1S/C21H18Cl2N4O3.C13H20O3/c1-2-21(12-29-17(28)11-13-3-5-14(22)6-4-13)9-7-16(30-21)27-10-8-15-18(24)25-20(23)26-19(15)27;14-12(15)16-2-1-13-6-9-3-10(7-13)5-11(4-9)8-13/h1,3-6,8,10,16H,7,9,11-12H2,(H2,24,25,26);9-11H,1-8H2,(H,14,15). The largest absolute Gasteiger partial charge is 0.505 e. The Kier molecular flexibility index (Phi) is 9.38. The average molecular weight is 670 g/mol. The van der Waals surface area contributed by atoms with Crippen molar-refractivity contribution in [3.8, 4) is 12.3 Å². The fraction of sp³-hybridized carbons (Fsp3) is 0.529. The van der Waals surface area contributed by atoms with Gasteiger partial charge in [0.15, 0.2) is 5.60 Å². The number of nitrogens with zero attached hydrogens (tertiary/aromatic N) is 3. The van der Waals surface area contributed by atoms with Crippen molar-refractivity contribution in [2.24, 2.45) is 23.2 Å². The number of nitrogens with two attached hydrogens (primary N) is 1. The van der Waals surface area contributed by atoms with E-state index in [1.54, 1.807) is 36.5 Å². The third-order valence-corrected chi connectivity index (χ3v) is 10.5. The monoisotopic (exact) mass is 668 g/mol. The van der Waals surface area contributed by atoms with Crippen LogP contribution < -0.4 is 5.73 Å². The molecule has 1 saturated heterocycles. The molecule has 0 amide bonds. The number of fused-ring (bicyclic) bond motifs is 1. The van der Waals surface area contributed by atoms with Crippen LogP contribution in [0.25, 0.3) is 11.0 Å². The van der Waals surface area contributed by atoms with E-state index < -0.39 is 17.7 Å². The molecule has 4 saturated carbocycles. The Labute approximate surface area is 277 Å². The molecule has 10 nitrogen and oxygen atoms in total. The van der Waals surface area contributed by atoms with Crippen LogP contribution in [0.3, 0.4) is 0 Å². The predicted molar refractivity (Wildman–Crippen MR) is 173 cm³/mol. The van der Waals surface area contributed by atoms with Crippen molar-refractivity contribution < 1.29 is 28.9 Å². The van der Waals surface area contributed by atoms with Gasteiger partial charge in [-0.25, -0.2) is 9.78 Å². The highest BCUT2D eigenvalue weighted by Gasteiger charge is 2.50. The topological polar surface area (TPSA) is 139 Å². The van der Waals surface area contributed by atoms with Crippen LogP contribution in [0.15, 0.2) is 36.5 Å². The van der Waals surface area contributed by atoms with Crippen molar-refractivity contribution in [1.29, 1.82) is 0 Å². The highest BCUT2D eigenvalue weighted by atomic mass is 35.5. The zero-order valence-electron chi connectivity index (χ0n) is 25.5. The van der Waals surface area contributed by atoms with E-state index >= 15 is 0 Å². The third-order valence-electron chi connectivity index (χ3n) is 10.1. The van der Waals surface area contributed by atoms with Gasteiger partial charge in [-0.3, -0.25) is 4.79 Å². The highest BCUT2D eigenvalue weighted by Crippen LogP contribution is 2.61. The zero-order valence-corrected chi connectivity index (χ0v) is 27.0. The van der Waals surface area contributed by atoms with Crippen LogP contribution >= 0.6 is 23.2 Å². The van der Waals surface area contributed by atoms with E-state index in [0.717, 1.165) is 29.7 Å². The van der Waals surface area contributed by atoms with Gasteiger partial charge in [0.05, 0.1) is 18.4 Å². The quantitative estimate of drug-likeness (QED) is 0.146. The maximum atomic E-state index is 12.2. The number of nitrogen functional groups attached to an aromatic ring is 1. The lowest BCUT2D eigenvalue weighted by Crippen LogP contribution is -2.46. The van der Waals surface area contributed by atoms with Crippen LogP contribution in [0.5, 0.6) is 0 Å². The lowest BCUT2D eigenvalue weighted by Gasteiger charge is -2.57. The van der Waals surface area contributed by atoms with Crippen LogP contribution in [-0.4, -0.2) is 50.6 Å². The molecule has 4 aliphatic carbocycles. The summed E-state index contributed by atoms with van der Waals surface area (Å²) in [6, 6.07) is 8.80. The van der Waals surface area contributed by atoms with Crippen molar-refractivity contribution in [2.75, 3.05) is 18.9 Å². The minimum atomic E-state index is -1.12. The highest BCUT2D eigenvalue weighted by molar-refractivity contribution is 6.30. The van der Waals surface area contributed by atoms with Crippen LogP contribution in [-0.2, 0) is 25.4 Å². The summed E-state index contributed by atoms with van der Waals surface area (Å²) in [6.07, 6.45) is 16.6. The van der Waals surface area contributed by atoms with E-state index in [-0.39, 0.29) is 24.5 Å². The molecule has 8 rings (SSSR count). The number of halogens is 2. The van der Waals surface area contributed by atoms with Gasteiger partial charge in [-0.1, -0.05) is 29.7 Å². The molecule has 3 N–H and O–H groups in total. The number of anilines is 1. The number of terminal acetylenes is 1. The summed E-state index contributed by atoms with van der Waals surface area (Å²) < 4.78 is 18.1. The number of aromatic nitrogens is 3. The van der Waals surface area contributed by atoms with E-state index in [4.69, 9.17) is 54.7 Å². The summed E-state index contributed by atoms with van der Waals surface area (Å²) in [5.41, 5.74) is 6.71. The van der Waals surface area contributed by atoms with Gasteiger partial charge < -0.3 is 29.6 Å². The first-order chi connectivity index (χ1) is 22.0. The molecule has 5 aliphatic rings. The molecule has 12 heteroatoms. The van der Waals surface area contributed by atoms with Gasteiger partial charge in [0.2, 0.25) is 5.28 Å². The van der Waals surface area contributed by atoms with Gasteiger partial charge in [0.1, 0.15) is 24.3 Å². The number of carboxylic acid groups (broad SMARTS) is 1. The summed E-state index contributed by atoms with van der Waals surface area (Å²) in [5.74, 6) is 5.38. The molecule has 4 bridgehead atoms. The number of hydrogen-bond acceptors (Lipinski definition) is 8. The molecule has 244 valence electrons. The van der Waals surface area contributed by atoms with Gasteiger partial charge in [-0.15, -0.1) is 6.42 Å². The van der Waals surface area contributed by atoms with E-state index in [2.05, 4.69) is 15.9 Å². The second-order valence-electron chi connectivity index (χ2n) is 13.3. The van der Waals surface area contributed by atoms with Crippen LogP contribution in [0.2, 0.25) is 10.3 Å². The first kappa shape index (κ1) is 32.4. The Morgan fingerprint density at radius 1 is 1.07 bits per heavy atom. The smallest absolute Gasteiger partial charge is 0.461 e. The Morgan fingerprint density at radius 3 is 2.37 bits per heavy atom. The number of benzene rings is 1. The molecule has 46 heavy (non-hydrogen) atoms. The molecule has 3 heterocycles. The van der Waals surface area contributed by atoms with Gasteiger partial charge in [0.25, 0.3) is 0 Å². The van der Waals surface area contributed by atoms with Crippen LogP contribution in [0, 0.1) is 35.5 Å². The lowest BCUT2D eigenvalue weighted by atomic mass is 9.49. The number of hydrogen-bond donors (Lipinski definition) is 2. The number of esters is 1. The summed E-state index contributed by atoms with van der Waals surface area (Å²) in [5, 5.41) is 9.84. The summed E-state index contributed by atoms with van der Waals surface area (Å²) in [4.78, 5) is 30.8. The van der Waals surface area contributed by atoms with Gasteiger partial charge in [-0.05, 0) is 116 Å². The molecule has 1 aliphatic heterocycles. The minimum Gasteiger partial charge on any atom is -0.461 e. The minimum absolute atomic E-state index is 0.0382. The van der Waals surface area contributed by atoms with Crippen LogP contribution in [0.1, 0.15) is 69.6 Å². The number of ether oxygens (including phenoxy) is 3. The molecule has 3 aromatic rings. The molecule has 1 aromatic carbocycles. The maximum Gasteiger partial charge on any atom is 0.505 e. The third kappa shape index (κ3) is 7.22. The SMILES string of the molecule is C#CC1(COC(=O)Cc2ccc(Cl)cc2)CCC(n2ccc3c(N)nc(Cl)nc32)O1.O=C(O)OCCC12CC3CC(CC(C3)C1)C2. The summed E-state index contributed by atoms with van der Waals surface area (Å²) in [7, 11) is 0. The Balaban J connectivity index is 0.000000194. The zero-order chi connectivity index (χ0) is 32.5. The Hall–Kier alpha value is -3.52. The maximum absolute atomic E-state index is 12.2. The summed E-state index contributed by atoms with van der Waals surface area (Å²) >= 11 is 11.8. The average Bonchev–Trinajstić information content (AvgIpc) is 3.62. The van der Waals surface area contributed by atoms with Crippen molar-refractivity contribution in [2.45, 2.75) is 76.0 Å². The normalized spacial score (nSPS) is 29.2. The fourth-order valence-electron chi connectivity index (χ4n) is 8.41. The van der Waals surface area contributed by atoms with Crippen LogP contribution in [0.4, 0.5) is 10.6 Å². The van der Waals surface area contributed by atoms with Crippen molar-refractivity contribution >= 4 is 52.2 Å². The van der Waals surface area contributed by atoms with E-state index in [9.17, 15) is 9.59 Å². The molecule has 2 unspecified atom stereocenters. The number of carbonyl (C=O) groups excluding carboxylic acids is 1. The molecular weight excluding hydrogens is 631 g/mol. The van der Waals surface area contributed by atoms with Crippen molar-refractivity contribution in [1.82, 2.24) is 14.5 Å². The fourth-order valence-corrected chi connectivity index (χ4v) is 8.71.